The second kappa shape index (κ2) is 6.72. The lowest BCUT2D eigenvalue weighted by Crippen LogP contribution is -2.41. The lowest BCUT2D eigenvalue weighted by molar-refractivity contribution is -0.145. The van der Waals surface area contributed by atoms with E-state index in [-0.39, 0.29) is 18.6 Å². The summed E-state index contributed by atoms with van der Waals surface area (Å²) < 4.78 is 5.29. The summed E-state index contributed by atoms with van der Waals surface area (Å²) in [5, 5.41) is 8.60. The molecule has 21 heavy (non-hydrogen) atoms. The largest absolute Gasteiger partial charge is 0.480 e. The zero-order chi connectivity index (χ0) is 15.4. The topological polar surface area (TPSA) is 66.8 Å². The fraction of sp³-hybridized carbons (Fsp3) is 0.500. The molecule has 1 aliphatic heterocycles. The third-order valence-corrected chi connectivity index (χ3v) is 3.87. The molecule has 5 nitrogen and oxygen atoms in total. The van der Waals surface area contributed by atoms with Gasteiger partial charge in [-0.2, -0.15) is 0 Å². The molecule has 0 atom stereocenters. The first-order valence-corrected chi connectivity index (χ1v) is 7.18. The Morgan fingerprint density at radius 3 is 2.33 bits per heavy atom. The molecule has 0 radical (unpaired) electrons. The number of carboxylic acid groups (broad SMARTS) is 1. The van der Waals surface area contributed by atoms with Crippen LogP contribution < -0.4 is 0 Å². The number of rotatable bonds is 4. The minimum Gasteiger partial charge on any atom is -0.480 e. The minimum atomic E-state index is -0.955. The summed E-state index contributed by atoms with van der Waals surface area (Å²) >= 11 is 0. The Morgan fingerprint density at radius 2 is 1.81 bits per heavy atom. The number of carbonyl (C=O) groups excluding carboxylic acids is 1. The fourth-order valence-corrected chi connectivity index (χ4v) is 2.72. The summed E-state index contributed by atoms with van der Waals surface area (Å²) in [6, 6.07) is 5.85. The van der Waals surface area contributed by atoms with Crippen LogP contribution in [-0.4, -0.2) is 47.7 Å². The van der Waals surface area contributed by atoms with Gasteiger partial charge in [0.1, 0.15) is 6.61 Å². The fourth-order valence-electron chi connectivity index (χ4n) is 2.72. The van der Waals surface area contributed by atoms with Gasteiger partial charge in [0, 0.05) is 18.7 Å². The summed E-state index contributed by atoms with van der Waals surface area (Å²) in [5.41, 5.74) is 2.76. The number of benzene rings is 1. The van der Waals surface area contributed by atoms with Crippen LogP contribution in [0.3, 0.4) is 0 Å². The molecule has 1 N–H and O–H groups in total. The molecule has 0 aliphatic carbocycles. The molecule has 1 fully saturated rings. The Bertz CT molecular complexity index is 513. The van der Waals surface area contributed by atoms with E-state index < -0.39 is 5.97 Å². The van der Waals surface area contributed by atoms with Crippen molar-refractivity contribution in [3.05, 3.63) is 34.9 Å². The Kier molecular flexibility index (Phi) is 4.96. The maximum Gasteiger partial charge on any atom is 0.329 e. The quantitative estimate of drug-likeness (QED) is 0.921. The van der Waals surface area contributed by atoms with Crippen LogP contribution in [0.1, 0.15) is 34.3 Å². The highest BCUT2D eigenvalue weighted by Gasteiger charge is 2.25. The maximum absolute atomic E-state index is 12.6. The van der Waals surface area contributed by atoms with E-state index in [9.17, 15) is 9.59 Å². The second-order valence-corrected chi connectivity index (χ2v) is 5.46. The van der Waals surface area contributed by atoms with E-state index in [2.05, 4.69) is 0 Å². The summed E-state index contributed by atoms with van der Waals surface area (Å²) in [6.45, 7) is 4.84. The number of piperidine rings is 1. The van der Waals surface area contributed by atoms with E-state index in [0.717, 1.165) is 16.7 Å². The monoisotopic (exact) mass is 291 g/mol. The molecule has 0 bridgehead atoms. The number of ether oxygens (including phenoxy) is 1. The second-order valence-electron chi connectivity index (χ2n) is 5.46. The number of aryl methyl sites for hydroxylation is 2. The van der Waals surface area contributed by atoms with Gasteiger partial charge in [0.25, 0.3) is 5.91 Å². The van der Waals surface area contributed by atoms with E-state index in [0.29, 0.717) is 25.9 Å². The smallest absolute Gasteiger partial charge is 0.329 e. The molecular weight excluding hydrogens is 270 g/mol. The summed E-state index contributed by atoms with van der Waals surface area (Å²) in [5.74, 6) is -0.897. The van der Waals surface area contributed by atoms with Gasteiger partial charge in [-0.1, -0.05) is 18.2 Å². The van der Waals surface area contributed by atoms with E-state index >= 15 is 0 Å². The van der Waals surface area contributed by atoms with Crippen LogP contribution in [0, 0.1) is 13.8 Å². The van der Waals surface area contributed by atoms with E-state index in [4.69, 9.17) is 9.84 Å². The Balaban J connectivity index is 1.96. The predicted molar refractivity (Wildman–Crippen MR) is 78.4 cm³/mol. The predicted octanol–water partition coefficient (Wildman–Crippen LogP) is 2.01. The molecule has 1 aliphatic rings. The number of likely N-dealkylation sites (tertiary alicyclic amines) is 1. The highest BCUT2D eigenvalue weighted by molar-refractivity contribution is 5.97. The van der Waals surface area contributed by atoms with Gasteiger partial charge in [-0.25, -0.2) is 4.79 Å². The summed E-state index contributed by atoms with van der Waals surface area (Å²) in [6.07, 6.45) is 1.30. The number of hydrogen-bond acceptors (Lipinski definition) is 3. The van der Waals surface area contributed by atoms with Gasteiger partial charge in [-0.3, -0.25) is 4.79 Å². The van der Waals surface area contributed by atoms with Crippen molar-refractivity contribution in [1.29, 1.82) is 0 Å². The molecule has 0 aromatic heterocycles. The van der Waals surface area contributed by atoms with Crippen LogP contribution in [0.15, 0.2) is 18.2 Å². The van der Waals surface area contributed by atoms with Crippen molar-refractivity contribution in [2.45, 2.75) is 32.8 Å². The van der Waals surface area contributed by atoms with E-state index in [1.165, 1.54) is 0 Å². The van der Waals surface area contributed by atoms with Crippen molar-refractivity contribution in [2.24, 2.45) is 0 Å². The number of carboxylic acids is 1. The SMILES string of the molecule is Cc1cccc(C)c1C(=O)N1CCC(OCC(=O)O)CC1. The van der Waals surface area contributed by atoms with Gasteiger partial charge in [0.15, 0.2) is 0 Å². The van der Waals surface area contributed by atoms with Crippen molar-refractivity contribution >= 4 is 11.9 Å². The van der Waals surface area contributed by atoms with Crippen LogP contribution in [-0.2, 0) is 9.53 Å². The van der Waals surface area contributed by atoms with Gasteiger partial charge in [-0.05, 0) is 37.8 Å². The molecule has 0 unspecified atom stereocenters. The molecule has 5 heteroatoms. The van der Waals surface area contributed by atoms with Crippen molar-refractivity contribution in [2.75, 3.05) is 19.7 Å². The van der Waals surface area contributed by atoms with E-state index in [1.54, 1.807) is 0 Å². The van der Waals surface area contributed by atoms with Crippen LogP contribution in [0.5, 0.6) is 0 Å². The van der Waals surface area contributed by atoms with Crippen LogP contribution in [0.2, 0.25) is 0 Å². The van der Waals surface area contributed by atoms with Crippen molar-refractivity contribution in [3.8, 4) is 0 Å². The van der Waals surface area contributed by atoms with Crippen molar-refractivity contribution in [1.82, 2.24) is 4.90 Å². The van der Waals surface area contributed by atoms with E-state index in [1.807, 2.05) is 36.9 Å². The minimum absolute atomic E-state index is 0.0577. The summed E-state index contributed by atoms with van der Waals surface area (Å²) in [4.78, 5) is 24.9. The van der Waals surface area contributed by atoms with Crippen molar-refractivity contribution in [3.63, 3.8) is 0 Å². The molecule has 1 saturated heterocycles. The molecule has 1 aromatic carbocycles. The third kappa shape index (κ3) is 3.82. The number of nitrogens with zero attached hydrogens (tertiary/aromatic N) is 1. The molecule has 2 rings (SSSR count). The maximum atomic E-state index is 12.6. The number of aliphatic carboxylic acids is 1. The Morgan fingerprint density at radius 1 is 1.24 bits per heavy atom. The van der Waals surface area contributed by atoms with Crippen LogP contribution in [0.25, 0.3) is 0 Å². The first kappa shape index (κ1) is 15.5. The van der Waals surface area contributed by atoms with Crippen LogP contribution >= 0.6 is 0 Å². The average Bonchev–Trinajstić information content (AvgIpc) is 2.45. The molecule has 0 spiro atoms. The zero-order valence-electron chi connectivity index (χ0n) is 12.5. The van der Waals surface area contributed by atoms with Crippen molar-refractivity contribution < 1.29 is 19.4 Å². The summed E-state index contributed by atoms with van der Waals surface area (Å²) in [7, 11) is 0. The van der Waals surface area contributed by atoms with Gasteiger partial charge >= 0.3 is 5.97 Å². The number of hydrogen-bond donors (Lipinski definition) is 1. The molecular formula is C16H21NO4. The molecule has 0 saturated carbocycles. The third-order valence-electron chi connectivity index (χ3n) is 3.87. The molecule has 1 aromatic rings. The number of carbonyl (C=O) groups is 2. The first-order valence-electron chi connectivity index (χ1n) is 7.18. The van der Waals surface area contributed by atoms with Gasteiger partial charge in [0.05, 0.1) is 6.10 Å². The molecule has 114 valence electrons. The zero-order valence-corrected chi connectivity index (χ0v) is 12.5. The Labute approximate surface area is 124 Å². The first-order chi connectivity index (χ1) is 9.99. The normalized spacial score (nSPS) is 16.0. The number of amides is 1. The standard InChI is InChI=1S/C16H21NO4/c1-11-4-3-5-12(2)15(11)16(20)17-8-6-13(7-9-17)21-10-14(18)19/h3-5,13H,6-10H2,1-2H3,(H,18,19). The highest BCUT2D eigenvalue weighted by Crippen LogP contribution is 2.20. The van der Waals surface area contributed by atoms with Crippen LogP contribution in [0.4, 0.5) is 0 Å². The molecule has 1 heterocycles. The Hall–Kier alpha value is -1.88. The van der Waals surface area contributed by atoms with Gasteiger partial charge in [-0.15, -0.1) is 0 Å². The lowest BCUT2D eigenvalue weighted by atomic mass is 10.00. The molecule has 1 amide bonds. The highest BCUT2D eigenvalue weighted by atomic mass is 16.5. The lowest BCUT2D eigenvalue weighted by Gasteiger charge is -2.32. The van der Waals surface area contributed by atoms with Gasteiger partial charge < -0.3 is 14.7 Å². The average molecular weight is 291 g/mol. The van der Waals surface area contributed by atoms with Gasteiger partial charge in [0.2, 0.25) is 0 Å².